The summed E-state index contributed by atoms with van der Waals surface area (Å²) in [5.41, 5.74) is 0.752. The molecule has 2 rings (SSSR count). The maximum absolute atomic E-state index is 12.6. The van der Waals surface area contributed by atoms with Gasteiger partial charge in [0.25, 0.3) is 5.56 Å². The fraction of sp³-hybridized carbons (Fsp3) is 0.611. The molecule has 6 heteroatoms. The van der Waals surface area contributed by atoms with Crippen LogP contribution in [0.3, 0.4) is 0 Å². The predicted octanol–water partition coefficient (Wildman–Crippen LogP) is 7.98. The van der Waals surface area contributed by atoms with Crippen LogP contribution in [0.1, 0.15) is 140 Å². The Hall–Kier alpha value is -3.38. The number of ether oxygens (including phenoxy) is 2. The summed E-state index contributed by atoms with van der Waals surface area (Å²) in [7, 11) is 0. The highest BCUT2D eigenvalue weighted by Crippen LogP contribution is 2.29. The van der Waals surface area contributed by atoms with Crippen molar-refractivity contribution in [3.05, 3.63) is 55.9 Å². The maximum atomic E-state index is 12.6. The molecule has 0 aliphatic rings. The first-order chi connectivity index (χ1) is 20.5. The van der Waals surface area contributed by atoms with Gasteiger partial charge < -0.3 is 9.47 Å². The Labute approximate surface area is 253 Å². The maximum Gasteiger partial charge on any atom is 0.329 e. The minimum atomic E-state index is -0.459. The molecular weight excluding hydrogens is 524 g/mol. The summed E-state index contributed by atoms with van der Waals surface area (Å²) in [5.74, 6) is 10.2. The van der Waals surface area contributed by atoms with E-state index in [2.05, 4.69) is 43.5 Å². The number of nitrogens with one attached hydrogen (secondary N) is 1. The van der Waals surface area contributed by atoms with Crippen LogP contribution >= 0.6 is 0 Å². The third-order valence-corrected chi connectivity index (χ3v) is 7.34. The summed E-state index contributed by atoms with van der Waals surface area (Å²) in [6.45, 7) is 8.23. The minimum absolute atomic E-state index is 0.387. The van der Waals surface area contributed by atoms with E-state index in [9.17, 15) is 9.59 Å². The van der Waals surface area contributed by atoms with Crippen LogP contribution in [0.5, 0.6) is 11.5 Å². The van der Waals surface area contributed by atoms with Gasteiger partial charge in [0.05, 0.1) is 24.3 Å². The third-order valence-electron chi connectivity index (χ3n) is 7.34. The molecule has 0 radical (unpaired) electrons. The van der Waals surface area contributed by atoms with Crippen LogP contribution < -0.4 is 20.7 Å². The zero-order valence-electron chi connectivity index (χ0n) is 26.3. The van der Waals surface area contributed by atoms with Crippen LogP contribution in [-0.4, -0.2) is 22.8 Å². The molecule has 0 unspecified atom stereocenters. The van der Waals surface area contributed by atoms with Crippen molar-refractivity contribution in [3.8, 4) is 35.7 Å². The molecule has 0 spiro atoms. The van der Waals surface area contributed by atoms with E-state index in [0.717, 1.165) is 51.4 Å². The van der Waals surface area contributed by atoms with Crippen LogP contribution in [0.2, 0.25) is 0 Å². The van der Waals surface area contributed by atoms with Gasteiger partial charge >= 0.3 is 5.69 Å². The quantitative estimate of drug-likeness (QED) is 0.121. The van der Waals surface area contributed by atoms with Crippen LogP contribution in [-0.2, 0) is 6.54 Å². The smallest absolute Gasteiger partial charge is 0.329 e. The van der Waals surface area contributed by atoms with Gasteiger partial charge in [0.2, 0.25) is 0 Å². The second kappa shape index (κ2) is 21.3. The van der Waals surface area contributed by atoms with Crippen LogP contribution in [0, 0.1) is 24.2 Å². The molecular formula is C36H52N2O4. The molecule has 1 aromatic heterocycles. The average Bonchev–Trinajstić information content (AvgIpc) is 2.98. The van der Waals surface area contributed by atoms with E-state index in [1.54, 1.807) is 4.57 Å². The summed E-state index contributed by atoms with van der Waals surface area (Å²) in [4.78, 5) is 27.1. The fourth-order valence-electron chi connectivity index (χ4n) is 4.81. The molecule has 230 valence electrons. The molecule has 0 bridgehead atoms. The fourth-order valence-corrected chi connectivity index (χ4v) is 4.81. The van der Waals surface area contributed by atoms with E-state index in [4.69, 9.17) is 15.9 Å². The largest absolute Gasteiger partial charge is 0.492 e. The summed E-state index contributed by atoms with van der Waals surface area (Å²) < 4.78 is 13.9. The Morgan fingerprint density at radius 1 is 0.667 bits per heavy atom. The molecule has 0 atom stereocenters. The lowest BCUT2D eigenvalue weighted by Crippen LogP contribution is -2.31. The van der Waals surface area contributed by atoms with Crippen LogP contribution in [0.25, 0.3) is 0 Å². The summed E-state index contributed by atoms with van der Waals surface area (Å²) in [6, 6.07) is 5.05. The molecule has 0 saturated carbocycles. The van der Waals surface area contributed by atoms with Gasteiger partial charge in [0.15, 0.2) is 0 Å². The standard InChI is InChI=1S/C36H52N2O4/c1-5-9-12-15-17-20-25-41-33-28-31(34(27-30(33)8-4)42-26-21-18-16-13-10-6-2)22-23-32-29-35(39)37-36(40)38(32)24-19-14-11-7-3/h4,27-29H,5-7,9-21,24-26H2,1-3H3,(H,37,39,40). The van der Waals surface area contributed by atoms with Crippen molar-refractivity contribution in [2.24, 2.45) is 0 Å². The van der Waals surface area contributed by atoms with Gasteiger partial charge in [-0.25, -0.2) is 4.79 Å². The molecule has 0 aliphatic carbocycles. The Balaban J connectivity index is 2.30. The summed E-state index contributed by atoms with van der Waals surface area (Å²) in [5, 5.41) is 0. The SMILES string of the molecule is C#Cc1cc(OCCCCCCCC)c(C#Cc2cc(=O)[nH]c(=O)n2CCCCCC)cc1OCCCCCCCC. The van der Waals surface area contributed by atoms with E-state index in [1.807, 2.05) is 12.1 Å². The number of aromatic nitrogens is 2. The number of unbranched alkanes of at least 4 members (excludes halogenated alkanes) is 13. The van der Waals surface area contributed by atoms with E-state index in [1.165, 1.54) is 57.4 Å². The van der Waals surface area contributed by atoms with Gasteiger partial charge in [0, 0.05) is 24.7 Å². The third kappa shape index (κ3) is 13.1. The lowest BCUT2D eigenvalue weighted by Gasteiger charge is -2.14. The first-order valence-electron chi connectivity index (χ1n) is 16.3. The monoisotopic (exact) mass is 576 g/mol. The number of hydrogen-bond acceptors (Lipinski definition) is 4. The van der Waals surface area contributed by atoms with Crippen LogP contribution in [0.15, 0.2) is 27.8 Å². The molecule has 0 saturated heterocycles. The second-order valence-corrected chi connectivity index (χ2v) is 11.0. The van der Waals surface area contributed by atoms with Crippen molar-refractivity contribution in [3.63, 3.8) is 0 Å². The molecule has 42 heavy (non-hydrogen) atoms. The number of terminal acetylenes is 1. The number of H-pyrrole nitrogens is 1. The highest BCUT2D eigenvalue weighted by molar-refractivity contribution is 5.59. The second-order valence-electron chi connectivity index (χ2n) is 11.0. The lowest BCUT2D eigenvalue weighted by atomic mass is 10.1. The van der Waals surface area contributed by atoms with Gasteiger partial charge in [-0.3, -0.25) is 14.3 Å². The van der Waals surface area contributed by atoms with Crippen molar-refractivity contribution in [1.82, 2.24) is 9.55 Å². The first-order valence-corrected chi connectivity index (χ1v) is 16.3. The minimum Gasteiger partial charge on any atom is -0.492 e. The van der Waals surface area contributed by atoms with E-state index in [0.29, 0.717) is 48.1 Å². The van der Waals surface area contributed by atoms with E-state index < -0.39 is 11.2 Å². The Kier molecular flexibility index (Phi) is 17.7. The van der Waals surface area contributed by atoms with Crippen molar-refractivity contribution in [2.45, 2.75) is 130 Å². The number of aromatic amines is 1. The topological polar surface area (TPSA) is 73.3 Å². The predicted molar refractivity (Wildman–Crippen MR) is 174 cm³/mol. The highest BCUT2D eigenvalue weighted by Gasteiger charge is 2.11. The highest BCUT2D eigenvalue weighted by atomic mass is 16.5. The molecule has 0 amide bonds. The summed E-state index contributed by atoms with van der Waals surface area (Å²) in [6.07, 6.45) is 23.9. The van der Waals surface area contributed by atoms with Gasteiger partial charge in [-0.2, -0.15) is 0 Å². The van der Waals surface area contributed by atoms with E-state index >= 15 is 0 Å². The van der Waals surface area contributed by atoms with Crippen molar-refractivity contribution in [2.75, 3.05) is 13.2 Å². The molecule has 6 nitrogen and oxygen atoms in total. The number of hydrogen-bond donors (Lipinski definition) is 1. The molecule has 2 aromatic rings. The Morgan fingerprint density at radius 2 is 1.17 bits per heavy atom. The van der Waals surface area contributed by atoms with E-state index in [-0.39, 0.29) is 0 Å². The normalized spacial score (nSPS) is 10.6. The van der Waals surface area contributed by atoms with Gasteiger partial charge in [-0.05, 0) is 25.2 Å². The van der Waals surface area contributed by atoms with Crippen molar-refractivity contribution in [1.29, 1.82) is 0 Å². The number of benzene rings is 1. The Morgan fingerprint density at radius 3 is 1.74 bits per heavy atom. The van der Waals surface area contributed by atoms with Crippen molar-refractivity contribution >= 4 is 0 Å². The van der Waals surface area contributed by atoms with Gasteiger partial charge in [0.1, 0.15) is 17.2 Å². The summed E-state index contributed by atoms with van der Waals surface area (Å²) >= 11 is 0. The zero-order valence-corrected chi connectivity index (χ0v) is 26.3. The van der Waals surface area contributed by atoms with Gasteiger partial charge in [-0.1, -0.05) is 116 Å². The number of rotatable bonds is 21. The Bertz CT molecular complexity index is 1270. The molecule has 0 aliphatic heterocycles. The van der Waals surface area contributed by atoms with Gasteiger partial charge in [-0.15, -0.1) is 6.42 Å². The first kappa shape index (κ1) is 34.8. The van der Waals surface area contributed by atoms with Crippen molar-refractivity contribution < 1.29 is 9.47 Å². The average molecular weight is 577 g/mol. The molecule has 1 heterocycles. The zero-order chi connectivity index (χ0) is 30.4. The number of nitrogens with zero attached hydrogens (tertiary/aromatic N) is 1. The molecule has 1 aromatic carbocycles. The van der Waals surface area contributed by atoms with Crippen LogP contribution in [0.4, 0.5) is 0 Å². The lowest BCUT2D eigenvalue weighted by molar-refractivity contribution is 0.295. The molecule has 1 N–H and O–H groups in total. The molecule has 0 fully saturated rings.